The van der Waals surface area contributed by atoms with Crippen molar-refractivity contribution in [2.24, 2.45) is 11.7 Å². The van der Waals surface area contributed by atoms with Crippen LogP contribution in [0.5, 0.6) is 0 Å². The van der Waals surface area contributed by atoms with Crippen LogP contribution in [0.15, 0.2) is 43.2 Å². The maximum Gasteiger partial charge on any atom is 0.451 e. The van der Waals surface area contributed by atoms with Gasteiger partial charge in [0.25, 0.3) is 5.91 Å². The van der Waals surface area contributed by atoms with Gasteiger partial charge in [0, 0.05) is 49.2 Å². The lowest BCUT2D eigenvalue weighted by atomic mass is 9.65. The fourth-order valence-corrected chi connectivity index (χ4v) is 5.40. The fourth-order valence-electron chi connectivity index (χ4n) is 5.40. The molecule has 5 rings (SSSR count). The van der Waals surface area contributed by atoms with E-state index in [4.69, 9.17) is 5.73 Å². The van der Waals surface area contributed by atoms with Gasteiger partial charge in [-0.2, -0.15) is 23.5 Å². The van der Waals surface area contributed by atoms with Gasteiger partial charge in [0.05, 0.1) is 29.9 Å². The zero-order valence-corrected chi connectivity index (χ0v) is 21.5. The molecule has 0 spiro atoms. The van der Waals surface area contributed by atoms with Crippen LogP contribution in [-0.4, -0.2) is 65.1 Å². The number of aromatic amines is 1. The Labute approximate surface area is 227 Å². The van der Waals surface area contributed by atoms with E-state index < -0.39 is 23.4 Å². The number of rotatable bonds is 10. The van der Waals surface area contributed by atoms with E-state index in [1.807, 2.05) is 16.9 Å². The zero-order valence-electron chi connectivity index (χ0n) is 21.5. The molecule has 0 radical (unpaired) electrons. The molecular formula is C26H27F3N10O. The predicted octanol–water partition coefficient (Wildman–Crippen LogP) is 3.53. The molecular weight excluding hydrogens is 525 g/mol. The van der Waals surface area contributed by atoms with Gasteiger partial charge in [-0.1, -0.05) is 0 Å². The molecule has 1 amide bonds. The summed E-state index contributed by atoms with van der Waals surface area (Å²) >= 11 is 0. The Morgan fingerprint density at radius 3 is 2.83 bits per heavy atom. The number of fused-ring (bicyclic) bond motifs is 1. The average molecular weight is 553 g/mol. The topological polar surface area (TPSA) is 155 Å². The maximum absolute atomic E-state index is 13.0. The Morgan fingerprint density at radius 2 is 2.08 bits per heavy atom. The highest BCUT2D eigenvalue weighted by molar-refractivity contribution is 5.92. The van der Waals surface area contributed by atoms with Crippen molar-refractivity contribution in [3.05, 3.63) is 54.8 Å². The minimum Gasteiger partial charge on any atom is -0.346 e. The average Bonchev–Trinajstić information content (AvgIpc) is 3.60. The summed E-state index contributed by atoms with van der Waals surface area (Å²) in [5.74, 6) is -1.66. The first-order chi connectivity index (χ1) is 19.2. The molecule has 40 heavy (non-hydrogen) atoms. The summed E-state index contributed by atoms with van der Waals surface area (Å²) in [5, 5.41) is 15.0. The molecule has 0 atom stereocenters. The van der Waals surface area contributed by atoms with Gasteiger partial charge in [-0.15, -0.1) is 0 Å². The van der Waals surface area contributed by atoms with Crippen molar-refractivity contribution in [3.8, 4) is 17.3 Å². The molecule has 3 N–H and O–H groups in total. The maximum atomic E-state index is 13.0. The smallest absolute Gasteiger partial charge is 0.346 e. The first kappa shape index (κ1) is 27.2. The molecule has 0 unspecified atom stereocenters. The number of nitrogens with two attached hydrogens (primary N) is 1. The van der Waals surface area contributed by atoms with Crippen LogP contribution in [-0.2, 0) is 11.7 Å². The van der Waals surface area contributed by atoms with Gasteiger partial charge in [-0.05, 0) is 43.7 Å². The summed E-state index contributed by atoms with van der Waals surface area (Å²) in [6.07, 6.45) is 6.36. The Kier molecular flexibility index (Phi) is 7.49. The molecule has 1 fully saturated rings. The first-order valence-electron chi connectivity index (χ1n) is 12.8. The molecule has 0 aliphatic heterocycles. The zero-order chi connectivity index (χ0) is 28.3. The van der Waals surface area contributed by atoms with Crippen LogP contribution in [0, 0.1) is 17.2 Å². The van der Waals surface area contributed by atoms with Gasteiger partial charge < -0.3 is 15.6 Å². The molecule has 0 bridgehead atoms. The molecule has 4 aromatic rings. The number of amides is 1. The third-order valence-corrected chi connectivity index (χ3v) is 7.30. The van der Waals surface area contributed by atoms with Gasteiger partial charge in [-0.25, -0.2) is 19.9 Å². The Morgan fingerprint density at radius 1 is 1.25 bits per heavy atom. The largest absolute Gasteiger partial charge is 0.451 e. The monoisotopic (exact) mass is 552 g/mol. The van der Waals surface area contributed by atoms with Crippen LogP contribution in [0.2, 0.25) is 0 Å². The summed E-state index contributed by atoms with van der Waals surface area (Å²) in [5.41, 5.74) is 7.24. The SMILES string of the molecule is N#CCC1(n2cc(-c3ncnc4[nH]ccc34)cn2)CC(CCCN(CCN)C(=O)c2ccnc(C(F)(F)F)n2)C1. The van der Waals surface area contributed by atoms with Crippen molar-refractivity contribution >= 4 is 16.9 Å². The molecule has 0 aromatic carbocycles. The Balaban J connectivity index is 1.21. The number of halogens is 3. The minimum atomic E-state index is -4.74. The van der Waals surface area contributed by atoms with Gasteiger partial charge in [0.1, 0.15) is 17.7 Å². The van der Waals surface area contributed by atoms with Crippen LogP contribution < -0.4 is 5.73 Å². The third kappa shape index (κ3) is 5.37. The van der Waals surface area contributed by atoms with Gasteiger partial charge in [-0.3, -0.25) is 9.48 Å². The number of nitriles is 1. The molecule has 14 heteroatoms. The van der Waals surface area contributed by atoms with Crippen LogP contribution in [0.1, 0.15) is 48.4 Å². The second-order valence-electron chi connectivity index (χ2n) is 9.96. The standard InChI is InChI=1S/C26H27F3N10O/c27-26(28,29)24-33-9-4-20(37-24)23(40)38(11-7-31)10-1-2-17-12-25(13-17,5-6-30)39-15-18(14-36-39)21-19-3-8-32-22(19)35-16-34-21/h3-4,8-9,14-17H,1-2,5,7,10-13,31H2,(H,32,34,35). The van der Waals surface area contributed by atoms with E-state index in [1.54, 1.807) is 12.4 Å². The second kappa shape index (κ2) is 11.0. The number of nitrogens with one attached hydrogen (secondary N) is 1. The number of aromatic nitrogens is 7. The van der Waals surface area contributed by atoms with E-state index in [-0.39, 0.29) is 18.8 Å². The molecule has 1 saturated carbocycles. The highest BCUT2D eigenvalue weighted by atomic mass is 19.4. The van der Waals surface area contributed by atoms with Crippen molar-refractivity contribution in [1.29, 1.82) is 5.26 Å². The summed E-state index contributed by atoms with van der Waals surface area (Å²) in [6.45, 7) is 0.691. The Hall–Kier alpha value is -4.38. The molecule has 11 nitrogen and oxygen atoms in total. The highest BCUT2D eigenvalue weighted by Gasteiger charge is 2.46. The van der Waals surface area contributed by atoms with Gasteiger partial charge >= 0.3 is 6.18 Å². The van der Waals surface area contributed by atoms with E-state index in [0.29, 0.717) is 25.3 Å². The summed E-state index contributed by atoms with van der Waals surface area (Å²) in [7, 11) is 0. The normalized spacial score (nSPS) is 18.8. The van der Waals surface area contributed by atoms with E-state index in [9.17, 15) is 23.2 Å². The molecule has 4 aromatic heterocycles. The summed E-state index contributed by atoms with van der Waals surface area (Å²) in [4.78, 5) is 32.6. The molecule has 208 valence electrons. The lowest BCUT2D eigenvalue weighted by Gasteiger charge is -2.47. The number of H-pyrrole nitrogens is 1. The lowest BCUT2D eigenvalue weighted by Crippen LogP contribution is -2.46. The molecule has 1 aliphatic rings. The summed E-state index contributed by atoms with van der Waals surface area (Å²) in [6, 6.07) is 5.37. The van der Waals surface area contributed by atoms with Crippen molar-refractivity contribution in [2.75, 3.05) is 19.6 Å². The van der Waals surface area contributed by atoms with E-state index in [1.165, 1.54) is 17.3 Å². The van der Waals surface area contributed by atoms with Crippen LogP contribution >= 0.6 is 0 Å². The van der Waals surface area contributed by atoms with Crippen molar-refractivity contribution < 1.29 is 18.0 Å². The fraction of sp³-hybridized carbons (Fsp3) is 0.423. The molecule has 1 aliphatic carbocycles. The molecule has 0 saturated heterocycles. The number of carbonyl (C=O) groups is 1. The Bertz CT molecular complexity index is 1530. The van der Waals surface area contributed by atoms with Crippen LogP contribution in [0.4, 0.5) is 13.2 Å². The minimum absolute atomic E-state index is 0.167. The second-order valence-corrected chi connectivity index (χ2v) is 9.96. The van der Waals surface area contributed by atoms with E-state index in [2.05, 4.69) is 36.1 Å². The van der Waals surface area contributed by atoms with Gasteiger partial charge in [0.2, 0.25) is 5.82 Å². The lowest BCUT2D eigenvalue weighted by molar-refractivity contribution is -0.145. The number of hydrogen-bond donors (Lipinski definition) is 2. The quantitative estimate of drug-likeness (QED) is 0.303. The van der Waals surface area contributed by atoms with Crippen molar-refractivity contribution in [2.45, 2.75) is 43.8 Å². The van der Waals surface area contributed by atoms with E-state index >= 15 is 0 Å². The van der Waals surface area contributed by atoms with Crippen molar-refractivity contribution in [3.63, 3.8) is 0 Å². The summed E-state index contributed by atoms with van der Waals surface area (Å²) < 4.78 is 40.8. The van der Waals surface area contributed by atoms with Gasteiger partial charge in [0.15, 0.2) is 0 Å². The predicted molar refractivity (Wildman–Crippen MR) is 137 cm³/mol. The van der Waals surface area contributed by atoms with Crippen molar-refractivity contribution in [1.82, 2.24) is 39.6 Å². The first-order valence-corrected chi connectivity index (χ1v) is 12.8. The van der Waals surface area contributed by atoms with Crippen LogP contribution in [0.25, 0.3) is 22.3 Å². The number of alkyl halides is 3. The number of hydrogen-bond acceptors (Lipinski definition) is 8. The van der Waals surface area contributed by atoms with E-state index in [0.717, 1.165) is 47.8 Å². The number of carbonyl (C=O) groups excluding carboxylic acids is 1. The third-order valence-electron chi connectivity index (χ3n) is 7.30. The van der Waals surface area contributed by atoms with Crippen LogP contribution in [0.3, 0.4) is 0 Å². The number of nitrogens with zero attached hydrogens (tertiary/aromatic N) is 8. The highest BCUT2D eigenvalue weighted by Crippen LogP contribution is 2.48. The molecule has 4 heterocycles.